The average Bonchev–Trinajstić information content (AvgIpc) is 2.21. The van der Waals surface area contributed by atoms with Crippen molar-refractivity contribution in [1.82, 2.24) is 15.0 Å². The quantitative estimate of drug-likeness (QED) is 0.625. The highest BCUT2D eigenvalue weighted by molar-refractivity contribution is 5.51. The van der Waals surface area contributed by atoms with E-state index in [4.69, 9.17) is 0 Å². The number of hydrogen-bond donors (Lipinski definition) is 0. The van der Waals surface area contributed by atoms with Crippen LogP contribution < -0.4 is 0 Å². The fourth-order valence-corrected chi connectivity index (χ4v) is 0.900. The summed E-state index contributed by atoms with van der Waals surface area (Å²) < 4.78 is 0. The number of rotatable bonds is 1. The third kappa shape index (κ3) is 1.29. The number of nitrogens with zero attached hydrogens (tertiary/aromatic N) is 3. The Hall–Kier alpha value is -1.77. The van der Waals surface area contributed by atoms with Crippen LogP contribution in [-0.2, 0) is 0 Å². The second kappa shape index (κ2) is 3.09. The van der Waals surface area contributed by atoms with E-state index in [9.17, 15) is 0 Å². The van der Waals surface area contributed by atoms with Crippen LogP contribution in [0.3, 0.4) is 0 Å². The molecule has 12 heavy (non-hydrogen) atoms. The lowest BCUT2D eigenvalue weighted by atomic mass is 10.3. The fourth-order valence-electron chi connectivity index (χ4n) is 0.900. The maximum Gasteiger partial charge on any atom is 0.160 e. The molecule has 0 aliphatic rings. The van der Waals surface area contributed by atoms with Crippen LogP contribution in [0.25, 0.3) is 11.4 Å². The topological polar surface area (TPSA) is 38.7 Å². The highest BCUT2D eigenvalue weighted by atomic mass is 14.9. The molecule has 0 amide bonds. The molecule has 57 valence electrons. The monoisotopic (exact) mass is 156 g/mol. The Morgan fingerprint density at radius 2 is 2.00 bits per heavy atom. The Balaban J connectivity index is 2.46. The van der Waals surface area contributed by atoms with Crippen LogP contribution in [0.2, 0.25) is 0 Å². The first-order chi connectivity index (χ1) is 5.97. The Kier molecular flexibility index (Phi) is 1.78. The molecule has 0 saturated carbocycles. The van der Waals surface area contributed by atoms with Crippen molar-refractivity contribution in [3.8, 4) is 11.4 Å². The molecular weight excluding hydrogens is 150 g/mol. The van der Waals surface area contributed by atoms with E-state index in [0.717, 1.165) is 5.56 Å². The van der Waals surface area contributed by atoms with Crippen molar-refractivity contribution >= 4 is 0 Å². The van der Waals surface area contributed by atoms with Crippen LogP contribution in [0.1, 0.15) is 0 Å². The van der Waals surface area contributed by atoms with Gasteiger partial charge in [0.25, 0.3) is 0 Å². The van der Waals surface area contributed by atoms with E-state index in [1.807, 2.05) is 6.07 Å². The van der Waals surface area contributed by atoms with E-state index in [0.29, 0.717) is 5.82 Å². The molecular formula is C9H6N3. The molecule has 0 bridgehead atoms. The lowest BCUT2D eigenvalue weighted by Crippen LogP contribution is -1.86. The molecule has 0 aliphatic heterocycles. The summed E-state index contributed by atoms with van der Waals surface area (Å²) in [4.78, 5) is 12.0. The van der Waals surface area contributed by atoms with Crippen molar-refractivity contribution in [1.29, 1.82) is 0 Å². The zero-order chi connectivity index (χ0) is 8.23. The summed E-state index contributed by atoms with van der Waals surface area (Å²) in [5.74, 6) is 0.694. The van der Waals surface area contributed by atoms with Crippen LogP contribution in [0.15, 0.2) is 36.8 Å². The highest BCUT2D eigenvalue weighted by Gasteiger charge is 1.96. The molecule has 2 aromatic rings. The average molecular weight is 156 g/mol. The number of hydrogen-bond acceptors (Lipinski definition) is 3. The lowest BCUT2D eigenvalue weighted by Gasteiger charge is -1.95. The minimum absolute atomic E-state index is 0.694. The largest absolute Gasteiger partial charge is 0.254 e. The molecule has 2 heterocycles. The van der Waals surface area contributed by atoms with Gasteiger partial charge in [0.1, 0.15) is 0 Å². The molecule has 0 atom stereocenters. The Morgan fingerprint density at radius 1 is 1.17 bits per heavy atom. The summed E-state index contributed by atoms with van der Waals surface area (Å²) in [5, 5.41) is 0. The van der Waals surface area contributed by atoms with Crippen molar-refractivity contribution in [3.05, 3.63) is 43.0 Å². The Labute approximate surface area is 70.1 Å². The molecule has 1 radical (unpaired) electrons. The molecule has 2 aromatic heterocycles. The molecule has 3 nitrogen and oxygen atoms in total. The van der Waals surface area contributed by atoms with Gasteiger partial charge in [-0.25, -0.2) is 9.97 Å². The van der Waals surface area contributed by atoms with Gasteiger partial charge in [-0.05, 0) is 18.2 Å². The van der Waals surface area contributed by atoms with E-state index in [2.05, 4.69) is 21.1 Å². The van der Waals surface area contributed by atoms with Gasteiger partial charge in [-0.2, -0.15) is 0 Å². The maximum atomic E-state index is 4.08. The zero-order valence-corrected chi connectivity index (χ0v) is 6.31. The summed E-state index contributed by atoms with van der Waals surface area (Å²) >= 11 is 0. The molecule has 0 fully saturated rings. The van der Waals surface area contributed by atoms with Gasteiger partial charge in [-0.15, -0.1) is 0 Å². The zero-order valence-electron chi connectivity index (χ0n) is 6.31. The predicted octanol–water partition coefficient (Wildman–Crippen LogP) is 1.34. The first-order valence-electron chi connectivity index (χ1n) is 3.56. The number of pyridine rings is 1. The first-order valence-corrected chi connectivity index (χ1v) is 3.56. The third-order valence-corrected chi connectivity index (χ3v) is 1.44. The summed E-state index contributed by atoms with van der Waals surface area (Å²) in [6.45, 7) is 0. The van der Waals surface area contributed by atoms with Crippen molar-refractivity contribution in [2.24, 2.45) is 0 Å². The standard InChI is InChI=1S/C9H6N3/c1-3-8(7-10-4-1)9-11-5-2-6-12-9/h1-3,5-7H. The summed E-state index contributed by atoms with van der Waals surface area (Å²) in [7, 11) is 0. The Morgan fingerprint density at radius 3 is 2.67 bits per heavy atom. The van der Waals surface area contributed by atoms with E-state index in [1.165, 1.54) is 0 Å². The molecule has 2 rings (SSSR count). The van der Waals surface area contributed by atoms with Crippen LogP contribution >= 0.6 is 0 Å². The Bertz CT molecular complexity index is 307. The summed E-state index contributed by atoms with van der Waals surface area (Å²) in [5.41, 5.74) is 0.911. The minimum atomic E-state index is 0.694. The third-order valence-electron chi connectivity index (χ3n) is 1.44. The molecule has 3 heteroatoms. The van der Waals surface area contributed by atoms with Gasteiger partial charge >= 0.3 is 0 Å². The van der Waals surface area contributed by atoms with Gasteiger partial charge in [0.15, 0.2) is 5.82 Å². The fraction of sp³-hybridized carbons (Fsp3) is 0. The normalized spacial score (nSPS) is 9.67. The molecule has 0 unspecified atom stereocenters. The van der Waals surface area contributed by atoms with Crippen LogP contribution in [0.5, 0.6) is 0 Å². The van der Waals surface area contributed by atoms with Crippen molar-refractivity contribution in [2.75, 3.05) is 0 Å². The van der Waals surface area contributed by atoms with Crippen molar-refractivity contribution in [3.63, 3.8) is 0 Å². The second-order valence-electron chi connectivity index (χ2n) is 2.25. The van der Waals surface area contributed by atoms with Gasteiger partial charge in [0, 0.05) is 24.2 Å². The first kappa shape index (κ1) is 6.91. The van der Waals surface area contributed by atoms with Crippen LogP contribution in [0, 0.1) is 6.20 Å². The van der Waals surface area contributed by atoms with Crippen molar-refractivity contribution in [2.45, 2.75) is 0 Å². The van der Waals surface area contributed by atoms with Crippen LogP contribution in [-0.4, -0.2) is 15.0 Å². The predicted molar refractivity (Wildman–Crippen MR) is 44.1 cm³/mol. The van der Waals surface area contributed by atoms with Gasteiger partial charge in [-0.1, -0.05) is 0 Å². The second-order valence-corrected chi connectivity index (χ2v) is 2.25. The molecule has 0 N–H and O–H groups in total. The van der Waals surface area contributed by atoms with Gasteiger partial charge in [-0.3, -0.25) is 4.98 Å². The molecule has 0 aromatic carbocycles. The SMILES string of the molecule is [c]1ccc(-c2ncccn2)cn1. The maximum absolute atomic E-state index is 4.08. The molecule has 0 aliphatic carbocycles. The minimum Gasteiger partial charge on any atom is -0.254 e. The summed E-state index contributed by atoms with van der Waals surface area (Å²) in [6.07, 6.45) is 7.80. The summed E-state index contributed by atoms with van der Waals surface area (Å²) in [6, 6.07) is 5.40. The van der Waals surface area contributed by atoms with Gasteiger partial charge < -0.3 is 0 Å². The van der Waals surface area contributed by atoms with E-state index >= 15 is 0 Å². The molecule has 0 spiro atoms. The van der Waals surface area contributed by atoms with Gasteiger partial charge in [0.05, 0.1) is 6.20 Å². The smallest absolute Gasteiger partial charge is 0.160 e. The van der Waals surface area contributed by atoms with E-state index < -0.39 is 0 Å². The highest BCUT2D eigenvalue weighted by Crippen LogP contribution is 2.09. The lowest BCUT2D eigenvalue weighted by molar-refractivity contribution is 1.16. The van der Waals surface area contributed by atoms with Crippen LogP contribution in [0.4, 0.5) is 0 Å². The van der Waals surface area contributed by atoms with E-state index in [-0.39, 0.29) is 0 Å². The van der Waals surface area contributed by atoms with Crippen molar-refractivity contribution < 1.29 is 0 Å². The van der Waals surface area contributed by atoms with Gasteiger partial charge in [0.2, 0.25) is 0 Å². The number of aromatic nitrogens is 3. The molecule has 0 saturated heterocycles. The van der Waals surface area contributed by atoms with E-state index in [1.54, 1.807) is 30.7 Å².